The Balaban J connectivity index is 1.25. The Morgan fingerprint density at radius 2 is 1.13 bits per heavy atom. The van der Waals surface area contributed by atoms with E-state index in [1.54, 1.807) is 6.20 Å². The number of nitrogens with zero attached hydrogens (tertiary/aromatic N) is 3. The fourth-order valence-corrected chi connectivity index (χ4v) is 6.35. The minimum absolute atomic E-state index is 0.814. The summed E-state index contributed by atoms with van der Waals surface area (Å²) in [5.41, 5.74) is 10.5. The lowest BCUT2D eigenvalue weighted by atomic mass is 10.0. The highest BCUT2D eigenvalue weighted by Crippen LogP contribution is 2.43. The molecule has 0 aliphatic rings. The average Bonchev–Trinajstić information content (AvgIpc) is 3.67. The van der Waals surface area contributed by atoms with Gasteiger partial charge in [-0.3, -0.25) is 9.97 Å². The van der Waals surface area contributed by atoms with E-state index < -0.39 is 0 Å². The Hall–Kier alpha value is -6.20. The molecule has 0 aliphatic heterocycles. The van der Waals surface area contributed by atoms with Crippen LogP contribution in [0.5, 0.6) is 0 Å². The maximum Gasteiger partial charge on any atom is 0.137 e. The molecule has 0 unspecified atom stereocenters. The van der Waals surface area contributed by atoms with Gasteiger partial charge in [-0.15, -0.1) is 0 Å². The summed E-state index contributed by atoms with van der Waals surface area (Å²) in [7, 11) is 0. The topological polar surface area (TPSA) is 55.3 Å². The van der Waals surface area contributed by atoms with E-state index in [1.807, 2.05) is 67.0 Å². The quantitative estimate of drug-likeness (QED) is 0.203. The number of hydrogen-bond donors (Lipinski definition) is 0. The number of aromatic nitrogens is 2. The fourth-order valence-electron chi connectivity index (χ4n) is 6.35. The van der Waals surface area contributed by atoms with Gasteiger partial charge in [-0.1, -0.05) is 54.6 Å². The molecular weight excluding hydrogens is 554 g/mol. The van der Waals surface area contributed by atoms with Crippen LogP contribution in [0.3, 0.4) is 0 Å². The van der Waals surface area contributed by atoms with E-state index >= 15 is 0 Å². The van der Waals surface area contributed by atoms with Gasteiger partial charge in [-0.2, -0.15) is 0 Å². The molecule has 0 atom stereocenters. The van der Waals surface area contributed by atoms with Crippen molar-refractivity contribution in [1.82, 2.24) is 9.97 Å². The average molecular weight is 580 g/mol. The Kier molecular flexibility index (Phi) is 5.74. The van der Waals surface area contributed by atoms with Crippen molar-refractivity contribution in [3.8, 4) is 22.4 Å². The van der Waals surface area contributed by atoms with E-state index in [0.29, 0.717) is 0 Å². The third-order valence-electron chi connectivity index (χ3n) is 8.38. The number of anilines is 3. The monoisotopic (exact) mass is 579 g/mol. The van der Waals surface area contributed by atoms with E-state index in [-0.39, 0.29) is 0 Å². The highest BCUT2D eigenvalue weighted by molar-refractivity contribution is 6.25. The first-order chi connectivity index (χ1) is 22.3. The molecule has 0 saturated heterocycles. The molecule has 0 amide bonds. The van der Waals surface area contributed by atoms with Gasteiger partial charge in [0.15, 0.2) is 0 Å². The molecule has 0 radical (unpaired) electrons. The maximum atomic E-state index is 6.54. The van der Waals surface area contributed by atoms with Crippen LogP contribution in [0.25, 0.3) is 66.3 Å². The summed E-state index contributed by atoms with van der Waals surface area (Å²) in [6.45, 7) is 0. The predicted molar refractivity (Wildman–Crippen MR) is 182 cm³/mol. The zero-order chi connectivity index (χ0) is 29.7. The minimum Gasteiger partial charge on any atom is -0.456 e. The second kappa shape index (κ2) is 10.2. The molecule has 5 heteroatoms. The van der Waals surface area contributed by atoms with Gasteiger partial charge in [0.2, 0.25) is 0 Å². The lowest BCUT2D eigenvalue weighted by Gasteiger charge is -2.26. The molecule has 9 rings (SSSR count). The van der Waals surface area contributed by atoms with Crippen molar-refractivity contribution in [2.75, 3.05) is 4.90 Å². The number of benzene rings is 5. The normalized spacial score (nSPS) is 11.6. The summed E-state index contributed by atoms with van der Waals surface area (Å²) in [6.07, 6.45) is 5.52. The second-order valence-corrected chi connectivity index (χ2v) is 11.1. The summed E-state index contributed by atoms with van der Waals surface area (Å²) in [5.74, 6) is 0. The van der Waals surface area contributed by atoms with Crippen molar-refractivity contribution >= 4 is 60.9 Å². The molecule has 0 spiro atoms. The van der Waals surface area contributed by atoms with Crippen molar-refractivity contribution in [2.45, 2.75) is 0 Å². The molecule has 0 N–H and O–H groups in total. The number of pyridine rings is 2. The first kappa shape index (κ1) is 25.3. The highest BCUT2D eigenvalue weighted by atomic mass is 16.3. The lowest BCUT2D eigenvalue weighted by molar-refractivity contribution is 0.663. The van der Waals surface area contributed by atoms with Crippen LogP contribution < -0.4 is 4.90 Å². The maximum absolute atomic E-state index is 6.54. The molecule has 0 bridgehead atoms. The Morgan fingerprint density at radius 1 is 0.444 bits per heavy atom. The molecule has 212 valence electrons. The van der Waals surface area contributed by atoms with E-state index in [1.165, 1.54) is 0 Å². The lowest BCUT2D eigenvalue weighted by Crippen LogP contribution is -2.10. The molecule has 5 nitrogen and oxygen atoms in total. The largest absolute Gasteiger partial charge is 0.456 e. The second-order valence-electron chi connectivity index (χ2n) is 11.1. The summed E-state index contributed by atoms with van der Waals surface area (Å²) in [6, 6.07) is 45.7. The van der Waals surface area contributed by atoms with Gasteiger partial charge in [-0.25, -0.2) is 0 Å². The van der Waals surface area contributed by atoms with Crippen LogP contribution in [0.1, 0.15) is 0 Å². The van der Waals surface area contributed by atoms with Gasteiger partial charge >= 0.3 is 0 Å². The van der Waals surface area contributed by atoms with E-state index in [4.69, 9.17) is 8.83 Å². The predicted octanol–water partition coefficient (Wildman–Crippen LogP) is 11.1. The zero-order valence-electron chi connectivity index (χ0n) is 24.1. The summed E-state index contributed by atoms with van der Waals surface area (Å²) >= 11 is 0. The van der Waals surface area contributed by atoms with Crippen molar-refractivity contribution in [2.24, 2.45) is 0 Å². The molecule has 0 saturated carbocycles. The molecule has 4 aromatic heterocycles. The molecule has 0 aliphatic carbocycles. The van der Waals surface area contributed by atoms with Crippen LogP contribution in [0.4, 0.5) is 17.1 Å². The summed E-state index contributed by atoms with van der Waals surface area (Å²) in [5, 5.41) is 4.29. The smallest absolute Gasteiger partial charge is 0.137 e. The van der Waals surface area contributed by atoms with E-state index in [0.717, 1.165) is 83.3 Å². The molecule has 5 aromatic carbocycles. The van der Waals surface area contributed by atoms with Gasteiger partial charge in [0.05, 0.1) is 5.69 Å². The highest BCUT2D eigenvalue weighted by Gasteiger charge is 2.19. The van der Waals surface area contributed by atoms with Crippen molar-refractivity contribution in [1.29, 1.82) is 0 Å². The zero-order valence-corrected chi connectivity index (χ0v) is 24.1. The molecular formula is C40H25N3O2. The van der Waals surface area contributed by atoms with Gasteiger partial charge in [0.1, 0.15) is 22.3 Å². The standard InChI is InChI=1S/C40H25N3O2/c1-2-15-35-32(13-1)39-36(44-35)18-19-37-40(39)33-17-16-31(24-38(33)45-37)43(29-11-5-8-26(22-29)28-10-7-20-41-25-28)30-12-6-9-27(23-30)34-14-3-4-21-42-34/h1-25H. The minimum atomic E-state index is 0.814. The molecule has 45 heavy (non-hydrogen) atoms. The van der Waals surface area contributed by atoms with Crippen molar-refractivity contribution < 1.29 is 8.83 Å². The van der Waals surface area contributed by atoms with Crippen LogP contribution in [0.2, 0.25) is 0 Å². The Labute approximate surface area is 258 Å². The van der Waals surface area contributed by atoms with Crippen LogP contribution in [-0.2, 0) is 0 Å². The van der Waals surface area contributed by atoms with Gasteiger partial charge in [0.25, 0.3) is 0 Å². The number of furan rings is 2. The van der Waals surface area contributed by atoms with Crippen molar-refractivity contribution in [3.05, 3.63) is 152 Å². The van der Waals surface area contributed by atoms with Crippen LogP contribution >= 0.6 is 0 Å². The third-order valence-corrected chi connectivity index (χ3v) is 8.38. The van der Waals surface area contributed by atoms with Crippen LogP contribution in [-0.4, -0.2) is 9.97 Å². The van der Waals surface area contributed by atoms with E-state index in [2.05, 4.69) is 93.7 Å². The molecule has 4 heterocycles. The first-order valence-corrected chi connectivity index (χ1v) is 14.9. The van der Waals surface area contributed by atoms with Crippen LogP contribution in [0.15, 0.2) is 161 Å². The summed E-state index contributed by atoms with van der Waals surface area (Å²) < 4.78 is 12.7. The summed E-state index contributed by atoms with van der Waals surface area (Å²) in [4.78, 5) is 11.2. The Morgan fingerprint density at radius 3 is 1.91 bits per heavy atom. The third kappa shape index (κ3) is 4.25. The van der Waals surface area contributed by atoms with Gasteiger partial charge in [0, 0.05) is 74.4 Å². The molecule has 9 aromatic rings. The molecule has 0 fully saturated rings. The fraction of sp³-hybridized carbons (Fsp3) is 0. The van der Waals surface area contributed by atoms with Gasteiger partial charge in [-0.05, 0) is 78.4 Å². The van der Waals surface area contributed by atoms with E-state index in [9.17, 15) is 0 Å². The van der Waals surface area contributed by atoms with Crippen molar-refractivity contribution in [3.63, 3.8) is 0 Å². The number of para-hydroxylation sites is 1. The van der Waals surface area contributed by atoms with Crippen LogP contribution in [0, 0.1) is 0 Å². The first-order valence-electron chi connectivity index (χ1n) is 14.9. The number of rotatable bonds is 5. The Bertz CT molecular complexity index is 2410. The number of hydrogen-bond acceptors (Lipinski definition) is 5. The SMILES string of the molecule is c1ccc(-c2cccc(N(c3cccc(-c4cccnc4)c3)c3ccc4c(c3)oc3ccc5oc6ccccc6c5c34)c2)nc1. The van der Waals surface area contributed by atoms with Gasteiger partial charge < -0.3 is 13.7 Å². The number of fused-ring (bicyclic) bond motifs is 7.